The third-order valence-corrected chi connectivity index (χ3v) is 3.68. The maximum Gasteiger partial charge on any atom is 0.236 e. The average molecular weight is 226 g/mol. The normalized spacial score (nSPS) is 25.4. The third kappa shape index (κ3) is 4.52. The van der Waals surface area contributed by atoms with Gasteiger partial charge in [0.25, 0.3) is 0 Å². The fourth-order valence-electron chi connectivity index (χ4n) is 2.50. The monoisotopic (exact) mass is 226 g/mol. The Hall–Kier alpha value is -0.570. The van der Waals surface area contributed by atoms with Gasteiger partial charge in [-0.3, -0.25) is 4.79 Å². The molecular formula is C13H26N2O. The Kier molecular flexibility index (Phi) is 5.81. The molecule has 3 nitrogen and oxygen atoms in total. The van der Waals surface area contributed by atoms with E-state index in [2.05, 4.69) is 12.2 Å². The van der Waals surface area contributed by atoms with Gasteiger partial charge in [-0.05, 0) is 31.2 Å². The van der Waals surface area contributed by atoms with E-state index >= 15 is 0 Å². The summed E-state index contributed by atoms with van der Waals surface area (Å²) in [5.74, 6) is 1.88. The van der Waals surface area contributed by atoms with Crippen molar-refractivity contribution < 1.29 is 4.79 Å². The summed E-state index contributed by atoms with van der Waals surface area (Å²) >= 11 is 0. The SMILES string of the molecule is CCC1CCCC(CNCC(=O)N(C)C)C1. The number of nitrogens with zero attached hydrogens (tertiary/aromatic N) is 1. The number of nitrogens with one attached hydrogen (secondary N) is 1. The lowest BCUT2D eigenvalue weighted by atomic mass is 9.80. The van der Waals surface area contributed by atoms with Crippen molar-refractivity contribution in [2.45, 2.75) is 39.0 Å². The summed E-state index contributed by atoms with van der Waals surface area (Å²) in [6.07, 6.45) is 6.77. The van der Waals surface area contributed by atoms with Gasteiger partial charge >= 0.3 is 0 Å². The number of hydrogen-bond acceptors (Lipinski definition) is 2. The van der Waals surface area contributed by atoms with Gasteiger partial charge in [0.2, 0.25) is 5.91 Å². The Morgan fingerprint density at radius 2 is 2.00 bits per heavy atom. The van der Waals surface area contributed by atoms with Crippen LogP contribution in [0.3, 0.4) is 0 Å². The summed E-state index contributed by atoms with van der Waals surface area (Å²) in [7, 11) is 3.61. The molecule has 16 heavy (non-hydrogen) atoms. The second-order valence-electron chi connectivity index (χ2n) is 5.23. The molecule has 0 spiro atoms. The van der Waals surface area contributed by atoms with E-state index in [0.717, 1.165) is 18.4 Å². The lowest BCUT2D eigenvalue weighted by molar-refractivity contribution is -0.127. The van der Waals surface area contributed by atoms with E-state index in [9.17, 15) is 4.79 Å². The Balaban J connectivity index is 2.15. The van der Waals surface area contributed by atoms with E-state index in [4.69, 9.17) is 0 Å². The minimum atomic E-state index is 0.169. The number of rotatable bonds is 5. The van der Waals surface area contributed by atoms with Crippen LogP contribution >= 0.6 is 0 Å². The summed E-state index contributed by atoms with van der Waals surface area (Å²) in [5.41, 5.74) is 0. The number of hydrogen-bond donors (Lipinski definition) is 1. The smallest absolute Gasteiger partial charge is 0.236 e. The first kappa shape index (κ1) is 13.5. The summed E-state index contributed by atoms with van der Waals surface area (Å²) < 4.78 is 0. The lowest BCUT2D eigenvalue weighted by Crippen LogP contribution is -2.36. The molecule has 0 aromatic rings. The van der Waals surface area contributed by atoms with Gasteiger partial charge in [-0.2, -0.15) is 0 Å². The molecule has 1 rings (SSSR count). The van der Waals surface area contributed by atoms with Crippen LogP contribution in [0.5, 0.6) is 0 Å². The maximum atomic E-state index is 11.4. The van der Waals surface area contributed by atoms with Gasteiger partial charge in [0.1, 0.15) is 0 Å². The zero-order valence-electron chi connectivity index (χ0n) is 11.0. The summed E-state index contributed by atoms with van der Waals surface area (Å²) in [4.78, 5) is 13.0. The standard InChI is InChI=1S/C13H26N2O/c1-4-11-6-5-7-12(8-11)9-14-10-13(16)15(2)3/h11-12,14H,4-10H2,1-3H3. The molecular weight excluding hydrogens is 200 g/mol. The largest absolute Gasteiger partial charge is 0.348 e. The molecule has 1 N–H and O–H groups in total. The molecule has 1 aliphatic carbocycles. The van der Waals surface area contributed by atoms with E-state index in [0.29, 0.717) is 6.54 Å². The van der Waals surface area contributed by atoms with Crippen molar-refractivity contribution in [3.05, 3.63) is 0 Å². The molecule has 2 atom stereocenters. The van der Waals surface area contributed by atoms with Gasteiger partial charge in [0, 0.05) is 14.1 Å². The Morgan fingerprint density at radius 3 is 2.62 bits per heavy atom. The topological polar surface area (TPSA) is 32.3 Å². The van der Waals surface area contributed by atoms with Crippen LogP contribution in [0.15, 0.2) is 0 Å². The quantitative estimate of drug-likeness (QED) is 0.776. The fourth-order valence-corrected chi connectivity index (χ4v) is 2.50. The second-order valence-corrected chi connectivity index (χ2v) is 5.23. The van der Waals surface area contributed by atoms with Crippen molar-refractivity contribution in [1.82, 2.24) is 10.2 Å². The fraction of sp³-hybridized carbons (Fsp3) is 0.923. The van der Waals surface area contributed by atoms with Gasteiger partial charge in [0.15, 0.2) is 0 Å². The summed E-state index contributed by atoms with van der Waals surface area (Å²) in [6.45, 7) is 3.78. The second kappa shape index (κ2) is 6.89. The average Bonchev–Trinajstić information content (AvgIpc) is 2.29. The van der Waals surface area contributed by atoms with E-state index < -0.39 is 0 Å². The predicted octanol–water partition coefficient (Wildman–Crippen LogP) is 1.88. The maximum absolute atomic E-state index is 11.4. The first-order valence-corrected chi connectivity index (χ1v) is 6.54. The molecule has 0 bridgehead atoms. The van der Waals surface area contributed by atoms with Crippen molar-refractivity contribution in [2.24, 2.45) is 11.8 Å². The van der Waals surface area contributed by atoms with Gasteiger partial charge in [-0.15, -0.1) is 0 Å². The van der Waals surface area contributed by atoms with Crippen molar-refractivity contribution in [1.29, 1.82) is 0 Å². The van der Waals surface area contributed by atoms with Crippen molar-refractivity contribution in [3.63, 3.8) is 0 Å². The Bertz CT molecular complexity index is 216. The Morgan fingerprint density at radius 1 is 1.31 bits per heavy atom. The predicted molar refractivity (Wildman–Crippen MR) is 67.3 cm³/mol. The zero-order chi connectivity index (χ0) is 12.0. The molecule has 1 saturated carbocycles. The van der Waals surface area contributed by atoms with Crippen LogP contribution < -0.4 is 5.32 Å². The molecule has 1 fully saturated rings. The lowest BCUT2D eigenvalue weighted by Gasteiger charge is -2.28. The van der Waals surface area contributed by atoms with E-state index in [1.54, 1.807) is 19.0 Å². The van der Waals surface area contributed by atoms with Crippen LogP contribution in [0, 0.1) is 11.8 Å². The van der Waals surface area contributed by atoms with Gasteiger partial charge in [-0.25, -0.2) is 0 Å². The molecule has 94 valence electrons. The number of amides is 1. The third-order valence-electron chi connectivity index (χ3n) is 3.68. The molecule has 1 aliphatic rings. The molecule has 0 aromatic carbocycles. The molecule has 0 aliphatic heterocycles. The van der Waals surface area contributed by atoms with Gasteiger partial charge in [0.05, 0.1) is 6.54 Å². The first-order chi connectivity index (χ1) is 7.63. The zero-order valence-corrected chi connectivity index (χ0v) is 11.0. The molecule has 0 heterocycles. The number of likely N-dealkylation sites (N-methyl/N-ethyl adjacent to an activating group) is 1. The highest BCUT2D eigenvalue weighted by atomic mass is 16.2. The first-order valence-electron chi connectivity index (χ1n) is 6.54. The highest BCUT2D eigenvalue weighted by Crippen LogP contribution is 2.30. The molecule has 2 unspecified atom stereocenters. The molecule has 0 saturated heterocycles. The van der Waals surface area contributed by atoms with Crippen molar-refractivity contribution in [2.75, 3.05) is 27.2 Å². The minimum absolute atomic E-state index is 0.169. The van der Waals surface area contributed by atoms with Gasteiger partial charge < -0.3 is 10.2 Å². The van der Waals surface area contributed by atoms with E-state index in [1.807, 2.05) is 0 Å². The summed E-state index contributed by atoms with van der Waals surface area (Å²) in [5, 5.41) is 3.29. The number of carbonyl (C=O) groups is 1. The highest BCUT2D eigenvalue weighted by Gasteiger charge is 2.20. The highest BCUT2D eigenvalue weighted by molar-refractivity contribution is 5.77. The molecule has 3 heteroatoms. The molecule has 0 aromatic heterocycles. The molecule has 0 radical (unpaired) electrons. The van der Waals surface area contributed by atoms with E-state index in [1.165, 1.54) is 32.1 Å². The molecule has 1 amide bonds. The van der Waals surface area contributed by atoms with Crippen LogP contribution in [0.4, 0.5) is 0 Å². The van der Waals surface area contributed by atoms with Crippen LogP contribution in [0.2, 0.25) is 0 Å². The van der Waals surface area contributed by atoms with Crippen LogP contribution in [-0.4, -0.2) is 38.0 Å². The van der Waals surface area contributed by atoms with Gasteiger partial charge in [-0.1, -0.05) is 26.2 Å². The van der Waals surface area contributed by atoms with Crippen LogP contribution in [0.1, 0.15) is 39.0 Å². The minimum Gasteiger partial charge on any atom is -0.348 e. The van der Waals surface area contributed by atoms with E-state index in [-0.39, 0.29) is 5.91 Å². The number of carbonyl (C=O) groups excluding carboxylic acids is 1. The summed E-state index contributed by atoms with van der Waals surface area (Å²) in [6, 6.07) is 0. The van der Waals surface area contributed by atoms with Crippen molar-refractivity contribution >= 4 is 5.91 Å². The van der Waals surface area contributed by atoms with Crippen LogP contribution in [0.25, 0.3) is 0 Å². The van der Waals surface area contributed by atoms with Crippen molar-refractivity contribution in [3.8, 4) is 0 Å². The van der Waals surface area contributed by atoms with Crippen LogP contribution in [-0.2, 0) is 4.79 Å². The Labute approximate surface area is 99.6 Å².